The lowest BCUT2D eigenvalue weighted by molar-refractivity contribution is 0.122. The second-order valence-corrected chi connectivity index (χ2v) is 6.75. The Morgan fingerprint density at radius 2 is 1.77 bits per heavy atom. The second kappa shape index (κ2) is 6.78. The normalized spacial score (nSPS) is 14.8. The van der Waals surface area contributed by atoms with E-state index in [9.17, 15) is 4.39 Å². The number of pyridine rings is 1. The van der Waals surface area contributed by atoms with Crippen LogP contribution >= 0.6 is 11.6 Å². The van der Waals surface area contributed by atoms with Crippen molar-refractivity contribution < 1.29 is 9.13 Å². The molecule has 0 spiro atoms. The number of hydrogen-bond acceptors (Lipinski definition) is 5. The van der Waals surface area contributed by atoms with Crippen molar-refractivity contribution in [2.45, 2.75) is 13.8 Å². The first-order valence-electron chi connectivity index (χ1n) is 8.47. The molecule has 134 valence electrons. The SMILES string of the molecule is Cc1nc2cc(N3CCOCC3)nc(-c3ccc(Cl)cc3F)c2nc1C. The molecule has 0 bridgehead atoms. The van der Waals surface area contributed by atoms with Crippen molar-refractivity contribution in [3.63, 3.8) is 0 Å². The summed E-state index contributed by atoms with van der Waals surface area (Å²) in [7, 11) is 0. The molecule has 0 atom stereocenters. The molecule has 5 nitrogen and oxygen atoms in total. The summed E-state index contributed by atoms with van der Waals surface area (Å²) in [6, 6.07) is 6.50. The number of fused-ring (bicyclic) bond motifs is 1. The Hall–Kier alpha value is -2.31. The van der Waals surface area contributed by atoms with Crippen LogP contribution in [0.1, 0.15) is 11.4 Å². The van der Waals surface area contributed by atoms with Crippen LogP contribution in [0, 0.1) is 19.7 Å². The average molecular weight is 373 g/mol. The predicted molar refractivity (Wildman–Crippen MR) is 100 cm³/mol. The zero-order valence-corrected chi connectivity index (χ0v) is 15.3. The van der Waals surface area contributed by atoms with E-state index in [4.69, 9.17) is 21.3 Å². The number of nitrogens with zero attached hydrogens (tertiary/aromatic N) is 4. The largest absolute Gasteiger partial charge is 0.378 e. The van der Waals surface area contributed by atoms with E-state index in [1.807, 2.05) is 19.9 Å². The second-order valence-electron chi connectivity index (χ2n) is 6.31. The number of anilines is 1. The third kappa shape index (κ3) is 3.10. The number of benzene rings is 1. The Balaban J connectivity index is 1.97. The number of halogens is 2. The Bertz CT molecular complexity index is 989. The maximum absolute atomic E-state index is 14.6. The number of rotatable bonds is 2. The molecule has 1 aliphatic rings. The summed E-state index contributed by atoms with van der Waals surface area (Å²) in [5, 5.41) is 0.345. The topological polar surface area (TPSA) is 51.1 Å². The highest BCUT2D eigenvalue weighted by molar-refractivity contribution is 6.30. The van der Waals surface area contributed by atoms with Gasteiger partial charge in [0.2, 0.25) is 0 Å². The Labute approximate surface area is 155 Å². The zero-order valence-electron chi connectivity index (χ0n) is 14.6. The molecule has 1 saturated heterocycles. The van der Waals surface area contributed by atoms with Gasteiger partial charge in [-0.15, -0.1) is 0 Å². The van der Waals surface area contributed by atoms with E-state index in [-0.39, 0.29) is 0 Å². The maximum atomic E-state index is 14.6. The summed E-state index contributed by atoms with van der Waals surface area (Å²) in [6.07, 6.45) is 0. The summed E-state index contributed by atoms with van der Waals surface area (Å²) in [6.45, 7) is 6.56. The fraction of sp³-hybridized carbons (Fsp3) is 0.316. The first kappa shape index (κ1) is 17.1. The Morgan fingerprint density at radius 1 is 1.04 bits per heavy atom. The van der Waals surface area contributed by atoms with Crippen LogP contribution in [0.15, 0.2) is 24.3 Å². The van der Waals surface area contributed by atoms with Crippen molar-refractivity contribution in [2.24, 2.45) is 0 Å². The van der Waals surface area contributed by atoms with Crippen molar-refractivity contribution in [2.75, 3.05) is 31.2 Å². The van der Waals surface area contributed by atoms with Gasteiger partial charge in [-0.2, -0.15) is 0 Å². The summed E-state index contributed by atoms with van der Waals surface area (Å²) in [5.74, 6) is 0.327. The number of ether oxygens (including phenoxy) is 1. The number of aryl methyl sites for hydroxylation is 2. The van der Waals surface area contributed by atoms with Crippen molar-refractivity contribution in [1.82, 2.24) is 15.0 Å². The minimum absolute atomic E-state index is 0.345. The first-order valence-corrected chi connectivity index (χ1v) is 8.85. The van der Waals surface area contributed by atoms with Gasteiger partial charge in [0.25, 0.3) is 0 Å². The standard InChI is InChI=1S/C19H18ClFN4O/c1-11-12(2)23-19-16(22-11)10-17(25-5-7-26-8-6-25)24-18(19)14-4-3-13(20)9-15(14)21/h3-4,9-10H,5-8H2,1-2H3. The van der Waals surface area contributed by atoms with Gasteiger partial charge < -0.3 is 9.64 Å². The fourth-order valence-corrected chi connectivity index (χ4v) is 3.20. The number of morpholine rings is 1. The van der Waals surface area contributed by atoms with Gasteiger partial charge in [-0.1, -0.05) is 11.6 Å². The lowest BCUT2D eigenvalue weighted by Gasteiger charge is -2.28. The fourth-order valence-electron chi connectivity index (χ4n) is 3.04. The molecule has 3 aromatic rings. The molecule has 0 amide bonds. The highest BCUT2D eigenvalue weighted by Gasteiger charge is 2.19. The predicted octanol–water partition coefficient (Wildman–Crippen LogP) is 3.94. The van der Waals surface area contributed by atoms with Gasteiger partial charge in [-0.25, -0.2) is 19.3 Å². The van der Waals surface area contributed by atoms with Crippen LogP contribution in [0.3, 0.4) is 0 Å². The summed E-state index contributed by atoms with van der Waals surface area (Å²) in [5.41, 5.74) is 3.79. The molecule has 0 unspecified atom stereocenters. The van der Waals surface area contributed by atoms with Gasteiger partial charge in [0.1, 0.15) is 22.8 Å². The van der Waals surface area contributed by atoms with Gasteiger partial charge in [-0.3, -0.25) is 0 Å². The molecule has 3 heterocycles. The Morgan fingerprint density at radius 3 is 2.50 bits per heavy atom. The molecule has 1 aromatic carbocycles. The molecule has 1 fully saturated rings. The molecule has 1 aliphatic heterocycles. The molecule has 0 N–H and O–H groups in total. The van der Waals surface area contributed by atoms with Crippen LogP contribution in [0.2, 0.25) is 5.02 Å². The van der Waals surface area contributed by atoms with E-state index < -0.39 is 5.82 Å². The van der Waals surface area contributed by atoms with Gasteiger partial charge in [0.05, 0.1) is 30.1 Å². The van der Waals surface area contributed by atoms with Crippen LogP contribution in [0.25, 0.3) is 22.3 Å². The summed E-state index contributed by atoms with van der Waals surface area (Å²) in [4.78, 5) is 16.2. The minimum Gasteiger partial charge on any atom is -0.378 e. The van der Waals surface area contributed by atoms with Crippen molar-refractivity contribution >= 4 is 28.5 Å². The van der Waals surface area contributed by atoms with Crippen molar-refractivity contribution in [3.05, 3.63) is 46.5 Å². The van der Waals surface area contributed by atoms with Crippen LogP contribution in [-0.2, 0) is 4.74 Å². The third-order valence-corrected chi connectivity index (χ3v) is 4.81. The number of hydrogen-bond donors (Lipinski definition) is 0. The lowest BCUT2D eigenvalue weighted by atomic mass is 10.1. The van der Waals surface area contributed by atoms with Crippen LogP contribution < -0.4 is 4.90 Å². The van der Waals surface area contributed by atoms with Crippen molar-refractivity contribution in [3.8, 4) is 11.3 Å². The van der Waals surface area contributed by atoms with E-state index in [1.165, 1.54) is 6.07 Å². The molecule has 4 rings (SSSR count). The lowest BCUT2D eigenvalue weighted by Crippen LogP contribution is -2.36. The average Bonchev–Trinajstić information content (AvgIpc) is 2.63. The molecule has 2 aromatic heterocycles. The van der Waals surface area contributed by atoms with Gasteiger partial charge >= 0.3 is 0 Å². The van der Waals surface area contributed by atoms with E-state index in [1.54, 1.807) is 12.1 Å². The molecule has 0 radical (unpaired) electrons. The van der Waals surface area contributed by atoms with Crippen LogP contribution in [0.5, 0.6) is 0 Å². The van der Waals surface area contributed by atoms with Gasteiger partial charge in [0, 0.05) is 29.7 Å². The van der Waals surface area contributed by atoms with Gasteiger partial charge in [0.15, 0.2) is 0 Å². The van der Waals surface area contributed by atoms with Crippen LogP contribution in [-0.4, -0.2) is 41.3 Å². The third-order valence-electron chi connectivity index (χ3n) is 4.57. The molecule has 7 heteroatoms. The highest BCUT2D eigenvalue weighted by atomic mass is 35.5. The number of aromatic nitrogens is 3. The van der Waals surface area contributed by atoms with Crippen LogP contribution in [0.4, 0.5) is 10.2 Å². The van der Waals surface area contributed by atoms with E-state index in [2.05, 4.69) is 14.9 Å². The van der Waals surface area contributed by atoms with E-state index in [0.717, 1.165) is 30.3 Å². The molecule has 0 saturated carbocycles. The minimum atomic E-state index is -0.426. The molecule has 0 aliphatic carbocycles. The van der Waals surface area contributed by atoms with E-state index in [0.29, 0.717) is 40.5 Å². The maximum Gasteiger partial charge on any atom is 0.134 e. The molecular weight excluding hydrogens is 355 g/mol. The summed E-state index contributed by atoms with van der Waals surface area (Å²) >= 11 is 5.91. The molecule has 26 heavy (non-hydrogen) atoms. The van der Waals surface area contributed by atoms with E-state index >= 15 is 0 Å². The zero-order chi connectivity index (χ0) is 18.3. The quantitative estimate of drug-likeness (QED) is 0.682. The van der Waals surface area contributed by atoms with Crippen molar-refractivity contribution in [1.29, 1.82) is 0 Å². The first-order chi connectivity index (χ1) is 12.5. The molecular formula is C19H18ClFN4O. The monoisotopic (exact) mass is 372 g/mol. The van der Waals surface area contributed by atoms with Gasteiger partial charge in [-0.05, 0) is 32.0 Å². The smallest absolute Gasteiger partial charge is 0.134 e. The highest BCUT2D eigenvalue weighted by Crippen LogP contribution is 2.32. The Kier molecular flexibility index (Phi) is 4.46. The summed E-state index contributed by atoms with van der Waals surface area (Å²) < 4.78 is 20.0.